The van der Waals surface area contributed by atoms with E-state index in [0.717, 1.165) is 5.69 Å². The summed E-state index contributed by atoms with van der Waals surface area (Å²) < 4.78 is 7.29. The Balaban J connectivity index is 1.78. The Morgan fingerprint density at radius 2 is 1.95 bits per heavy atom. The first-order chi connectivity index (χ1) is 10.3. The molecule has 110 valence electrons. The molecule has 5 nitrogen and oxygen atoms in total. The molecule has 0 spiro atoms. The zero-order chi connectivity index (χ0) is 14.7. The largest absolute Gasteiger partial charge is 0.394 e. The number of ether oxygens (including phenoxy) is 1. The summed E-state index contributed by atoms with van der Waals surface area (Å²) in [5.74, 6) is -0.0589. The molecule has 1 amide bonds. The minimum Gasteiger partial charge on any atom is -0.394 e. The predicted octanol–water partition coefficient (Wildman–Crippen LogP) is 1.31. The number of aliphatic hydroxyl groups is 1. The van der Waals surface area contributed by atoms with Gasteiger partial charge in [0.2, 0.25) is 0 Å². The highest BCUT2D eigenvalue weighted by Crippen LogP contribution is 2.15. The normalized spacial score (nSPS) is 18.7. The van der Waals surface area contributed by atoms with E-state index in [0.29, 0.717) is 25.3 Å². The molecule has 0 bridgehead atoms. The van der Waals surface area contributed by atoms with Gasteiger partial charge in [-0.15, -0.1) is 0 Å². The van der Waals surface area contributed by atoms with Crippen molar-refractivity contribution in [3.63, 3.8) is 0 Å². The molecule has 1 saturated heterocycles. The fourth-order valence-electron chi connectivity index (χ4n) is 2.52. The maximum absolute atomic E-state index is 12.5. The molecule has 1 aliphatic rings. The number of aromatic nitrogens is 1. The summed E-state index contributed by atoms with van der Waals surface area (Å²) in [7, 11) is 0. The van der Waals surface area contributed by atoms with Crippen molar-refractivity contribution in [2.24, 2.45) is 0 Å². The van der Waals surface area contributed by atoms with Gasteiger partial charge in [-0.05, 0) is 36.4 Å². The molecule has 0 aliphatic carbocycles. The van der Waals surface area contributed by atoms with E-state index in [1.807, 2.05) is 53.4 Å². The van der Waals surface area contributed by atoms with E-state index >= 15 is 0 Å². The van der Waals surface area contributed by atoms with Crippen LogP contribution >= 0.6 is 0 Å². The second-order valence-electron chi connectivity index (χ2n) is 5.05. The van der Waals surface area contributed by atoms with Crippen LogP contribution in [-0.2, 0) is 4.74 Å². The number of benzene rings is 1. The minimum absolute atomic E-state index is 0.0589. The first-order valence-electron chi connectivity index (χ1n) is 7.02. The fourth-order valence-corrected chi connectivity index (χ4v) is 2.52. The Labute approximate surface area is 123 Å². The lowest BCUT2D eigenvalue weighted by atomic mass is 10.1. The van der Waals surface area contributed by atoms with Crippen LogP contribution in [-0.4, -0.2) is 52.9 Å². The third-order valence-electron chi connectivity index (χ3n) is 3.72. The van der Waals surface area contributed by atoms with Gasteiger partial charge in [0.05, 0.1) is 25.9 Å². The average Bonchev–Trinajstić information content (AvgIpc) is 3.09. The van der Waals surface area contributed by atoms with Crippen molar-refractivity contribution in [3.8, 4) is 5.69 Å². The molecule has 1 fully saturated rings. The number of amides is 1. The molecule has 0 saturated carbocycles. The summed E-state index contributed by atoms with van der Waals surface area (Å²) in [6, 6.07) is 11.1. The number of nitrogens with zero attached hydrogens (tertiary/aromatic N) is 2. The molecule has 1 atom stereocenters. The molecular formula is C16H18N2O3. The van der Waals surface area contributed by atoms with Crippen LogP contribution in [0.4, 0.5) is 0 Å². The zero-order valence-electron chi connectivity index (χ0n) is 11.7. The smallest absolute Gasteiger partial charge is 0.254 e. The molecule has 1 aliphatic heterocycles. The maximum Gasteiger partial charge on any atom is 0.254 e. The lowest BCUT2D eigenvalue weighted by Gasteiger charge is -2.34. The molecule has 2 heterocycles. The van der Waals surface area contributed by atoms with Crippen LogP contribution in [0.3, 0.4) is 0 Å². The van der Waals surface area contributed by atoms with E-state index in [1.54, 1.807) is 4.90 Å². The van der Waals surface area contributed by atoms with E-state index in [9.17, 15) is 9.90 Å². The van der Waals surface area contributed by atoms with Gasteiger partial charge in [0.15, 0.2) is 0 Å². The van der Waals surface area contributed by atoms with Crippen molar-refractivity contribution in [1.82, 2.24) is 9.47 Å². The second-order valence-corrected chi connectivity index (χ2v) is 5.05. The summed E-state index contributed by atoms with van der Waals surface area (Å²) in [6.45, 7) is 1.35. The van der Waals surface area contributed by atoms with Crippen molar-refractivity contribution in [1.29, 1.82) is 0 Å². The van der Waals surface area contributed by atoms with E-state index < -0.39 is 0 Å². The van der Waals surface area contributed by atoms with Crippen LogP contribution in [0.5, 0.6) is 0 Å². The van der Waals surface area contributed by atoms with Crippen LogP contribution in [0.2, 0.25) is 0 Å². The average molecular weight is 286 g/mol. The highest BCUT2D eigenvalue weighted by Gasteiger charge is 2.27. The lowest BCUT2D eigenvalue weighted by molar-refractivity contribution is -0.0183. The van der Waals surface area contributed by atoms with Crippen molar-refractivity contribution in [2.75, 3.05) is 26.4 Å². The first-order valence-corrected chi connectivity index (χ1v) is 7.02. The summed E-state index contributed by atoms with van der Waals surface area (Å²) >= 11 is 0. The van der Waals surface area contributed by atoms with Crippen LogP contribution in [0.15, 0.2) is 48.8 Å². The van der Waals surface area contributed by atoms with Gasteiger partial charge in [-0.3, -0.25) is 4.79 Å². The van der Waals surface area contributed by atoms with Gasteiger partial charge in [-0.2, -0.15) is 0 Å². The van der Waals surface area contributed by atoms with Gasteiger partial charge in [0, 0.05) is 30.2 Å². The van der Waals surface area contributed by atoms with Gasteiger partial charge in [-0.25, -0.2) is 0 Å². The predicted molar refractivity (Wildman–Crippen MR) is 78.5 cm³/mol. The van der Waals surface area contributed by atoms with E-state index in [2.05, 4.69) is 0 Å². The van der Waals surface area contributed by atoms with Crippen molar-refractivity contribution in [3.05, 3.63) is 54.4 Å². The number of rotatable bonds is 3. The van der Waals surface area contributed by atoms with Crippen LogP contribution < -0.4 is 0 Å². The van der Waals surface area contributed by atoms with E-state index in [1.165, 1.54) is 0 Å². The van der Waals surface area contributed by atoms with Crippen molar-refractivity contribution < 1.29 is 14.6 Å². The highest BCUT2D eigenvalue weighted by molar-refractivity contribution is 5.94. The molecule has 1 N–H and O–H groups in total. The molecule has 3 rings (SSSR count). The molecule has 0 radical (unpaired) electrons. The van der Waals surface area contributed by atoms with Gasteiger partial charge in [0.25, 0.3) is 5.91 Å². The van der Waals surface area contributed by atoms with Gasteiger partial charge in [0.1, 0.15) is 0 Å². The number of carbonyl (C=O) groups is 1. The summed E-state index contributed by atoms with van der Waals surface area (Å²) in [5, 5.41) is 9.35. The van der Waals surface area contributed by atoms with E-state index in [-0.39, 0.29) is 18.6 Å². The lowest BCUT2D eigenvalue weighted by Crippen LogP contribution is -2.50. The Kier molecular flexibility index (Phi) is 4.03. The Morgan fingerprint density at radius 1 is 1.24 bits per heavy atom. The number of hydrogen-bond acceptors (Lipinski definition) is 3. The van der Waals surface area contributed by atoms with Crippen LogP contribution in [0.1, 0.15) is 10.4 Å². The molecule has 2 aromatic rings. The third-order valence-corrected chi connectivity index (χ3v) is 3.72. The Morgan fingerprint density at radius 3 is 2.62 bits per heavy atom. The van der Waals surface area contributed by atoms with Crippen LogP contribution in [0, 0.1) is 0 Å². The van der Waals surface area contributed by atoms with Gasteiger partial charge < -0.3 is 19.3 Å². The molecule has 21 heavy (non-hydrogen) atoms. The quantitative estimate of drug-likeness (QED) is 0.925. The maximum atomic E-state index is 12.5. The number of hydrogen-bond donors (Lipinski definition) is 1. The van der Waals surface area contributed by atoms with Gasteiger partial charge >= 0.3 is 0 Å². The fraction of sp³-hybridized carbons (Fsp3) is 0.312. The Bertz CT molecular complexity index is 592. The number of aliphatic hydroxyl groups excluding tert-OH is 1. The minimum atomic E-state index is -0.254. The third kappa shape index (κ3) is 2.84. The van der Waals surface area contributed by atoms with Crippen LogP contribution in [0.25, 0.3) is 5.69 Å². The number of morpholine rings is 1. The highest BCUT2D eigenvalue weighted by atomic mass is 16.5. The molecule has 5 heteroatoms. The SMILES string of the molecule is O=C(c1ccc(-n2cccc2)cc1)N1CCOCC1CO. The molecule has 1 aromatic carbocycles. The number of carbonyl (C=O) groups excluding carboxylic acids is 1. The molecule has 1 unspecified atom stereocenters. The second kappa shape index (κ2) is 6.11. The zero-order valence-corrected chi connectivity index (χ0v) is 11.7. The summed E-state index contributed by atoms with van der Waals surface area (Å²) in [6.07, 6.45) is 3.92. The topological polar surface area (TPSA) is 54.7 Å². The first kappa shape index (κ1) is 13.9. The van der Waals surface area contributed by atoms with Gasteiger partial charge in [-0.1, -0.05) is 0 Å². The van der Waals surface area contributed by atoms with E-state index in [4.69, 9.17) is 4.74 Å². The summed E-state index contributed by atoms with van der Waals surface area (Å²) in [4.78, 5) is 14.2. The monoisotopic (exact) mass is 286 g/mol. The molecule has 1 aromatic heterocycles. The van der Waals surface area contributed by atoms with Crippen molar-refractivity contribution in [2.45, 2.75) is 6.04 Å². The Hall–Kier alpha value is -2.11. The standard InChI is InChI=1S/C16H18N2O3/c19-11-15-12-21-10-9-18(15)16(20)13-3-5-14(6-4-13)17-7-1-2-8-17/h1-8,15,19H,9-12H2. The van der Waals surface area contributed by atoms with Crippen molar-refractivity contribution >= 4 is 5.91 Å². The molecular weight excluding hydrogens is 268 g/mol. The summed E-state index contributed by atoms with van der Waals surface area (Å²) in [5.41, 5.74) is 1.64.